The smallest absolute Gasteiger partial charge is 0.225 e. The first-order valence-corrected chi connectivity index (χ1v) is 8.38. The van der Waals surface area contributed by atoms with E-state index >= 15 is 0 Å². The van der Waals surface area contributed by atoms with Crippen LogP contribution in [0.2, 0.25) is 0 Å². The summed E-state index contributed by atoms with van der Waals surface area (Å²) in [4.78, 5) is 14.7. The van der Waals surface area contributed by atoms with Crippen LogP contribution in [-0.2, 0) is 17.8 Å². The maximum absolute atomic E-state index is 12.1. The Balaban J connectivity index is 2.02. The zero-order valence-corrected chi connectivity index (χ0v) is 14.6. The fourth-order valence-electron chi connectivity index (χ4n) is 3.05. The van der Waals surface area contributed by atoms with Gasteiger partial charge >= 0.3 is 0 Å². The lowest BCUT2D eigenvalue weighted by Crippen LogP contribution is -2.50. The van der Waals surface area contributed by atoms with E-state index in [9.17, 15) is 4.79 Å². The number of carbonyl (C=O) groups excluding carboxylic acids is 1. The molecule has 1 aliphatic rings. The van der Waals surface area contributed by atoms with Crippen LogP contribution in [0.25, 0.3) is 0 Å². The van der Waals surface area contributed by atoms with Gasteiger partial charge in [0.05, 0.1) is 0 Å². The van der Waals surface area contributed by atoms with Gasteiger partial charge in [-0.3, -0.25) is 9.69 Å². The van der Waals surface area contributed by atoms with Gasteiger partial charge in [-0.15, -0.1) is 0 Å². The molecule has 1 amide bonds. The number of hydrogen-bond acceptors (Lipinski definition) is 2. The molecule has 1 unspecified atom stereocenters. The topological polar surface area (TPSA) is 32.3 Å². The van der Waals surface area contributed by atoms with E-state index in [2.05, 4.69) is 48.3 Å². The number of amides is 1. The molecule has 1 N–H and O–H groups in total. The highest BCUT2D eigenvalue weighted by molar-refractivity contribution is 5.81. The van der Waals surface area contributed by atoms with Crippen LogP contribution in [0.3, 0.4) is 0 Å². The molecule has 1 aromatic carbocycles. The molecular formula is C19H30N2O. The van der Waals surface area contributed by atoms with E-state index in [1.54, 1.807) is 0 Å². The summed E-state index contributed by atoms with van der Waals surface area (Å²) >= 11 is 0. The molecule has 0 radical (unpaired) electrons. The molecule has 122 valence electrons. The molecule has 0 aliphatic carbocycles. The monoisotopic (exact) mass is 302 g/mol. The zero-order chi connectivity index (χ0) is 16.3. The SMILES string of the molecule is CC(C)C(CNC(=O)C(C)(C)C)N1CCc2ccccc2C1. The number of carbonyl (C=O) groups is 1. The van der Waals surface area contributed by atoms with Crippen molar-refractivity contribution in [1.82, 2.24) is 10.2 Å². The summed E-state index contributed by atoms with van der Waals surface area (Å²) in [6.07, 6.45) is 1.10. The zero-order valence-electron chi connectivity index (χ0n) is 14.6. The maximum atomic E-state index is 12.1. The second-order valence-electron chi connectivity index (χ2n) is 7.76. The van der Waals surface area contributed by atoms with Crippen molar-refractivity contribution in [3.63, 3.8) is 0 Å². The van der Waals surface area contributed by atoms with Crippen molar-refractivity contribution in [2.45, 2.75) is 53.6 Å². The average Bonchev–Trinajstić information content (AvgIpc) is 2.45. The summed E-state index contributed by atoms with van der Waals surface area (Å²) in [5, 5.41) is 3.14. The predicted octanol–water partition coefficient (Wildman–Crippen LogP) is 3.23. The molecule has 1 atom stereocenters. The number of nitrogens with zero attached hydrogens (tertiary/aromatic N) is 1. The van der Waals surface area contributed by atoms with Crippen LogP contribution in [0.4, 0.5) is 0 Å². The molecule has 2 rings (SSSR count). The maximum Gasteiger partial charge on any atom is 0.225 e. The molecule has 3 nitrogen and oxygen atoms in total. The molecule has 0 spiro atoms. The Kier molecular flexibility index (Phi) is 5.28. The summed E-state index contributed by atoms with van der Waals surface area (Å²) in [6, 6.07) is 9.09. The minimum Gasteiger partial charge on any atom is -0.354 e. The highest BCUT2D eigenvalue weighted by Crippen LogP contribution is 2.23. The van der Waals surface area contributed by atoms with Gasteiger partial charge in [0.2, 0.25) is 5.91 Å². The van der Waals surface area contributed by atoms with Crippen molar-refractivity contribution in [2.75, 3.05) is 13.1 Å². The van der Waals surface area contributed by atoms with E-state index in [4.69, 9.17) is 0 Å². The van der Waals surface area contributed by atoms with Crippen LogP contribution in [0.15, 0.2) is 24.3 Å². The Morgan fingerprint density at radius 3 is 2.45 bits per heavy atom. The molecule has 0 saturated heterocycles. The van der Waals surface area contributed by atoms with Gasteiger partial charge in [-0.2, -0.15) is 0 Å². The lowest BCUT2D eigenvalue weighted by atomic mass is 9.93. The lowest BCUT2D eigenvalue weighted by molar-refractivity contribution is -0.128. The van der Waals surface area contributed by atoms with Crippen molar-refractivity contribution in [3.05, 3.63) is 35.4 Å². The summed E-state index contributed by atoms with van der Waals surface area (Å²) in [6.45, 7) is 13.2. The standard InChI is InChI=1S/C19H30N2O/c1-14(2)17(12-20-18(22)19(3,4)5)21-11-10-15-8-6-7-9-16(15)13-21/h6-9,14,17H,10-13H2,1-5H3,(H,20,22). The third kappa shape index (κ3) is 4.10. The first-order valence-electron chi connectivity index (χ1n) is 8.38. The fourth-order valence-corrected chi connectivity index (χ4v) is 3.05. The quantitative estimate of drug-likeness (QED) is 0.926. The van der Waals surface area contributed by atoms with Gasteiger partial charge < -0.3 is 5.32 Å². The van der Waals surface area contributed by atoms with E-state index in [1.807, 2.05) is 20.8 Å². The largest absolute Gasteiger partial charge is 0.354 e. The van der Waals surface area contributed by atoms with Crippen LogP contribution in [0.1, 0.15) is 45.7 Å². The van der Waals surface area contributed by atoms with E-state index in [-0.39, 0.29) is 11.3 Å². The molecule has 22 heavy (non-hydrogen) atoms. The minimum atomic E-state index is -0.323. The van der Waals surface area contributed by atoms with E-state index < -0.39 is 0 Å². The number of benzene rings is 1. The van der Waals surface area contributed by atoms with Crippen LogP contribution in [0, 0.1) is 11.3 Å². The van der Waals surface area contributed by atoms with Crippen LogP contribution in [-0.4, -0.2) is 29.9 Å². The summed E-state index contributed by atoms with van der Waals surface area (Å²) in [7, 11) is 0. The Bertz CT molecular complexity index is 516. The van der Waals surface area contributed by atoms with Gasteiger partial charge in [0.15, 0.2) is 0 Å². The number of rotatable bonds is 4. The third-order valence-corrected chi connectivity index (χ3v) is 4.55. The van der Waals surface area contributed by atoms with E-state index in [0.29, 0.717) is 12.0 Å². The Hall–Kier alpha value is -1.35. The average molecular weight is 302 g/mol. The molecule has 0 fully saturated rings. The third-order valence-electron chi connectivity index (χ3n) is 4.55. The van der Waals surface area contributed by atoms with Crippen LogP contribution < -0.4 is 5.32 Å². The molecule has 0 aromatic heterocycles. The normalized spacial score (nSPS) is 17.2. The first-order chi connectivity index (χ1) is 10.3. The van der Waals surface area contributed by atoms with E-state index in [0.717, 1.165) is 26.1 Å². The van der Waals surface area contributed by atoms with Crippen LogP contribution in [0.5, 0.6) is 0 Å². The van der Waals surface area contributed by atoms with Gasteiger partial charge in [-0.25, -0.2) is 0 Å². The van der Waals surface area contributed by atoms with Gasteiger partial charge in [0, 0.05) is 31.1 Å². The lowest BCUT2D eigenvalue weighted by Gasteiger charge is -2.38. The number of hydrogen-bond donors (Lipinski definition) is 1. The molecule has 1 aromatic rings. The van der Waals surface area contributed by atoms with Crippen molar-refractivity contribution >= 4 is 5.91 Å². The molecule has 1 heterocycles. The van der Waals surface area contributed by atoms with Gasteiger partial charge in [0.25, 0.3) is 0 Å². The summed E-state index contributed by atoms with van der Waals surface area (Å²) in [5.74, 6) is 0.654. The Morgan fingerprint density at radius 1 is 1.23 bits per heavy atom. The van der Waals surface area contributed by atoms with Crippen molar-refractivity contribution in [1.29, 1.82) is 0 Å². The number of fused-ring (bicyclic) bond motifs is 1. The van der Waals surface area contributed by atoms with Gasteiger partial charge in [0.1, 0.15) is 0 Å². The fraction of sp³-hybridized carbons (Fsp3) is 0.632. The Labute approximate surface area is 135 Å². The second kappa shape index (κ2) is 6.82. The van der Waals surface area contributed by atoms with Crippen molar-refractivity contribution < 1.29 is 4.79 Å². The minimum absolute atomic E-state index is 0.135. The first kappa shape index (κ1) is 17.0. The molecular weight excluding hydrogens is 272 g/mol. The van der Waals surface area contributed by atoms with Gasteiger partial charge in [-0.1, -0.05) is 58.9 Å². The second-order valence-corrected chi connectivity index (χ2v) is 7.76. The molecule has 3 heteroatoms. The van der Waals surface area contributed by atoms with Crippen LogP contribution >= 0.6 is 0 Å². The molecule has 0 bridgehead atoms. The predicted molar refractivity (Wildman–Crippen MR) is 91.6 cm³/mol. The molecule has 0 saturated carbocycles. The highest BCUT2D eigenvalue weighted by atomic mass is 16.2. The van der Waals surface area contributed by atoms with Crippen molar-refractivity contribution in [3.8, 4) is 0 Å². The summed E-state index contributed by atoms with van der Waals surface area (Å²) in [5.41, 5.74) is 2.58. The van der Waals surface area contributed by atoms with Crippen molar-refractivity contribution in [2.24, 2.45) is 11.3 Å². The molecule has 1 aliphatic heterocycles. The Morgan fingerprint density at radius 2 is 1.86 bits per heavy atom. The van der Waals surface area contributed by atoms with E-state index in [1.165, 1.54) is 11.1 Å². The number of nitrogens with one attached hydrogen (secondary N) is 1. The highest BCUT2D eigenvalue weighted by Gasteiger charge is 2.28. The summed E-state index contributed by atoms with van der Waals surface area (Å²) < 4.78 is 0. The van der Waals surface area contributed by atoms with Gasteiger partial charge in [-0.05, 0) is 23.5 Å².